The van der Waals surface area contributed by atoms with Gasteiger partial charge in [-0.05, 0) is 71.9 Å². The molecule has 5 N–H and O–H groups in total. The van der Waals surface area contributed by atoms with Gasteiger partial charge in [0.05, 0.1) is 0 Å². The number of nitrogens with one attached hydrogen (secondary N) is 3. The lowest BCUT2D eigenvalue weighted by Crippen LogP contribution is -2.22. The Bertz CT molecular complexity index is 936. The second-order valence-electron chi connectivity index (χ2n) is 15.2. The Morgan fingerprint density at radius 3 is 0.949 bits per heavy atom. The molecule has 2 rings (SSSR count). The molecule has 39 heavy (non-hydrogen) atoms. The van der Waals surface area contributed by atoms with Gasteiger partial charge in [0.1, 0.15) is 11.5 Å². The molecule has 0 heterocycles. The second-order valence-corrected chi connectivity index (χ2v) is 15.2. The van der Waals surface area contributed by atoms with Crippen molar-refractivity contribution in [2.75, 3.05) is 36.8 Å². The van der Waals surface area contributed by atoms with Crippen LogP contribution in [0.4, 0.5) is 11.4 Å². The predicted octanol–water partition coefficient (Wildman–Crippen LogP) is 8.18. The molecule has 0 aromatic heterocycles. The molecule has 0 amide bonds. The Labute approximate surface area is 239 Å². The molecule has 2 aromatic carbocycles. The largest absolute Gasteiger partial charge is 0.507 e. The molecule has 0 atom stereocenters. The first-order valence-corrected chi connectivity index (χ1v) is 14.7. The molecular weight excluding hydrogens is 482 g/mol. The smallest absolute Gasteiger partial charge is 0.123 e. The van der Waals surface area contributed by atoms with Gasteiger partial charge < -0.3 is 26.2 Å². The first-order chi connectivity index (χ1) is 17.7. The van der Waals surface area contributed by atoms with Crippen LogP contribution in [0.5, 0.6) is 11.5 Å². The molecule has 0 saturated heterocycles. The fraction of sp³-hybridized carbons (Fsp3) is 0.647. The summed E-state index contributed by atoms with van der Waals surface area (Å²) in [5.74, 6) is 0.847. The average Bonchev–Trinajstić information content (AvgIpc) is 2.76. The molecule has 5 nitrogen and oxygen atoms in total. The molecule has 0 bridgehead atoms. The number of benzene rings is 2. The summed E-state index contributed by atoms with van der Waals surface area (Å²) in [6, 6.07) is 8.40. The van der Waals surface area contributed by atoms with Crippen molar-refractivity contribution in [2.24, 2.45) is 0 Å². The fourth-order valence-corrected chi connectivity index (χ4v) is 4.78. The summed E-state index contributed by atoms with van der Waals surface area (Å²) in [5, 5.41) is 32.6. The summed E-state index contributed by atoms with van der Waals surface area (Å²) in [6.45, 7) is 29.4. The molecule has 5 heteroatoms. The van der Waals surface area contributed by atoms with E-state index in [1.165, 1.54) is 0 Å². The van der Waals surface area contributed by atoms with Crippen LogP contribution < -0.4 is 16.0 Å². The van der Waals surface area contributed by atoms with Crippen LogP contribution in [0, 0.1) is 0 Å². The molecule has 2 aromatic rings. The van der Waals surface area contributed by atoms with Crippen LogP contribution >= 0.6 is 0 Å². The third-order valence-electron chi connectivity index (χ3n) is 7.17. The minimum absolute atomic E-state index is 0.125. The van der Waals surface area contributed by atoms with Crippen molar-refractivity contribution in [3.8, 4) is 11.5 Å². The molecule has 0 aliphatic heterocycles. The van der Waals surface area contributed by atoms with E-state index in [9.17, 15) is 10.2 Å². The van der Waals surface area contributed by atoms with E-state index in [4.69, 9.17) is 0 Å². The molecular formula is C34H57N3O2. The zero-order valence-electron chi connectivity index (χ0n) is 26.9. The molecule has 0 radical (unpaired) electrons. The Balaban J connectivity index is 1.84. The quantitative estimate of drug-likeness (QED) is 0.155. The number of phenolic OH excluding ortho intramolecular Hbond substituents is 2. The lowest BCUT2D eigenvalue weighted by Gasteiger charge is -2.28. The number of aromatic hydroxyl groups is 2. The van der Waals surface area contributed by atoms with Gasteiger partial charge in [-0.3, -0.25) is 0 Å². The molecule has 0 fully saturated rings. The SMILES string of the molecule is CC(C)(C)c1cc(NCCCNCCCNc2cc(C(C)(C)C)c(O)c(C(C)(C)C)c2)cc(C(C)(C)C)c1O. The van der Waals surface area contributed by atoms with E-state index in [0.717, 1.165) is 72.6 Å². The second kappa shape index (κ2) is 12.4. The van der Waals surface area contributed by atoms with Gasteiger partial charge in [-0.25, -0.2) is 0 Å². The summed E-state index contributed by atoms with van der Waals surface area (Å²) in [6.07, 6.45) is 2.04. The third kappa shape index (κ3) is 9.34. The minimum atomic E-state index is -0.125. The maximum absolute atomic E-state index is 10.9. The molecule has 220 valence electrons. The van der Waals surface area contributed by atoms with Crippen molar-refractivity contribution in [1.29, 1.82) is 0 Å². The van der Waals surface area contributed by atoms with Crippen LogP contribution in [0.2, 0.25) is 0 Å². The fourth-order valence-electron chi connectivity index (χ4n) is 4.78. The predicted molar refractivity (Wildman–Crippen MR) is 170 cm³/mol. The number of rotatable bonds is 10. The van der Waals surface area contributed by atoms with Gasteiger partial charge in [-0.1, -0.05) is 83.1 Å². The van der Waals surface area contributed by atoms with Crippen molar-refractivity contribution in [2.45, 2.75) is 118 Å². The standard InChI is InChI=1S/C34H57N3O2/c1-31(2,3)25-19-23(20-26(29(25)38)32(4,5)6)36-17-13-15-35-16-14-18-37-24-21-27(33(7,8)9)30(39)28(22-24)34(10,11)12/h19-22,35-39H,13-18H2,1-12H3. The molecule has 0 aliphatic carbocycles. The summed E-state index contributed by atoms with van der Waals surface area (Å²) in [4.78, 5) is 0. The van der Waals surface area contributed by atoms with E-state index >= 15 is 0 Å². The van der Waals surface area contributed by atoms with Gasteiger partial charge in [-0.2, -0.15) is 0 Å². The summed E-state index contributed by atoms with van der Waals surface area (Å²) in [5.41, 5.74) is 5.60. The van der Waals surface area contributed by atoms with Crippen LogP contribution in [0.25, 0.3) is 0 Å². The molecule has 0 unspecified atom stereocenters. The summed E-state index contributed by atoms with van der Waals surface area (Å²) >= 11 is 0. The van der Waals surface area contributed by atoms with Gasteiger partial charge in [0.15, 0.2) is 0 Å². The minimum Gasteiger partial charge on any atom is -0.507 e. The normalized spacial score (nSPS) is 13.0. The van der Waals surface area contributed by atoms with Crippen LogP contribution in [0.3, 0.4) is 0 Å². The Morgan fingerprint density at radius 1 is 0.462 bits per heavy atom. The van der Waals surface area contributed by atoms with Gasteiger partial charge in [0, 0.05) is 46.7 Å². The highest BCUT2D eigenvalue weighted by Crippen LogP contribution is 2.42. The van der Waals surface area contributed by atoms with Crippen molar-refractivity contribution in [1.82, 2.24) is 5.32 Å². The molecule has 0 saturated carbocycles. The van der Waals surface area contributed by atoms with E-state index in [1.807, 2.05) is 0 Å². The summed E-state index contributed by atoms with van der Waals surface area (Å²) < 4.78 is 0. The lowest BCUT2D eigenvalue weighted by molar-refractivity contribution is 0.422. The number of anilines is 2. The Kier molecular flexibility index (Phi) is 10.4. The van der Waals surface area contributed by atoms with Crippen LogP contribution in [-0.4, -0.2) is 36.4 Å². The molecule has 0 aliphatic rings. The van der Waals surface area contributed by atoms with Crippen molar-refractivity contribution in [3.05, 3.63) is 46.5 Å². The Hall–Kier alpha value is -2.40. The van der Waals surface area contributed by atoms with Crippen molar-refractivity contribution >= 4 is 11.4 Å². The monoisotopic (exact) mass is 539 g/mol. The van der Waals surface area contributed by atoms with Gasteiger partial charge in [0.2, 0.25) is 0 Å². The topological polar surface area (TPSA) is 76.5 Å². The van der Waals surface area contributed by atoms with Gasteiger partial charge >= 0.3 is 0 Å². The van der Waals surface area contributed by atoms with Crippen LogP contribution in [-0.2, 0) is 21.7 Å². The van der Waals surface area contributed by atoms with E-state index in [1.54, 1.807) is 0 Å². The highest BCUT2D eigenvalue weighted by Gasteiger charge is 2.27. The van der Waals surface area contributed by atoms with E-state index < -0.39 is 0 Å². The van der Waals surface area contributed by atoms with Crippen LogP contribution in [0.15, 0.2) is 24.3 Å². The first kappa shape index (κ1) is 32.8. The average molecular weight is 540 g/mol. The van der Waals surface area contributed by atoms with E-state index in [2.05, 4.69) is 123 Å². The van der Waals surface area contributed by atoms with Crippen molar-refractivity contribution in [3.63, 3.8) is 0 Å². The van der Waals surface area contributed by atoms with E-state index in [0.29, 0.717) is 11.5 Å². The lowest BCUT2D eigenvalue weighted by atomic mass is 9.79. The Morgan fingerprint density at radius 2 is 0.718 bits per heavy atom. The number of phenols is 2. The summed E-state index contributed by atoms with van der Waals surface area (Å²) in [7, 11) is 0. The maximum Gasteiger partial charge on any atom is 0.123 e. The zero-order valence-corrected chi connectivity index (χ0v) is 26.9. The maximum atomic E-state index is 10.9. The van der Waals surface area contributed by atoms with Gasteiger partial charge in [0.25, 0.3) is 0 Å². The first-order valence-electron chi connectivity index (χ1n) is 14.7. The zero-order chi connectivity index (χ0) is 29.8. The van der Waals surface area contributed by atoms with Gasteiger partial charge in [-0.15, -0.1) is 0 Å². The number of hydrogen-bond donors (Lipinski definition) is 5. The third-order valence-corrected chi connectivity index (χ3v) is 7.17. The molecule has 0 spiro atoms. The highest BCUT2D eigenvalue weighted by atomic mass is 16.3. The number of hydrogen-bond acceptors (Lipinski definition) is 5. The van der Waals surface area contributed by atoms with E-state index in [-0.39, 0.29) is 21.7 Å². The highest BCUT2D eigenvalue weighted by molar-refractivity contribution is 5.60. The van der Waals surface area contributed by atoms with Crippen LogP contribution in [0.1, 0.15) is 118 Å². The van der Waals surface area contributed by atoms with Crippen molar-refractivity contribution < 1.29 is 10.2 Å².